The molecule has 0 bridgehead atoms. The average molecular weight is 370 g/mol. The molecule has 2 N–H and O–H groups in total. The largest absolute Gasteiger partial charge is 0.352 e. The van der Waals surface area contributed by atoms with E-state index in [2.05, 4.69) is 39.3 Å². The van der Waals surface area contributed by atoms with E-state index in [1.807, 2.05) is 44.2 Å². The summed E-state index contributed by atoms with van der Waals surface area (Å²) in [6.07, 6.45) is 2.09. The van der Waals surface area contributed by atoms with Crippen molar-refractivity contribution in [3.8, 4) is 0 Å². The topological polar surface area (TPSA) is 70.2 Å². The number of aromatic nitrogens is 2. The third kappa shape index (κ3) is 6.98. The van der Waals surface area contributed by atoms with Gasteiger partial charge in [0.2, 0.25) is 5.95 Å². The van der Waals surface area contributed by atoms with Gasteiger partial charge in [0.15, 0.2) is 0 Å². The van der Waals surface area contributed by atoms with Gasteiger partial charge in [-0.3, -0.25) is 4.79 Å². The van der Waals surface area contributed by atoms with Crippen LogP contribution in [0.3, 0.4) is 0 Å². The number of hydrogen-bond acceptors (Lipinski definition) is 5. The number of unbranched alkanes of at least 4 members (excludes halogenated alkanes) is 1. The predicted molar refractivity (Wildman–Crippen MR) is 111 cm³/mol. The quantitative estimate of drug-likeness (QED) is 0.625. The molecule has 0 radical (unpaired) electrons. The Morgan fingerprint density at radius 3 is 2.22 bits per heavy atom. The molecule has 0 saturated carbocycles. The van der Waals surface area contributed by atoms with Crippen molar-refractivity contribution in [2.75, 3.05) is 31.5 Å². The number of amides is 1. The highest BCUT2D eigenvalue weighted by atomic mass is 16.1. The number of nitrogens with one attached hydrogen (secondary N) is 2. The summed E-state index contributed by atoms with van der Waals surface area (Å²) in [4.78, 5) is 23.4. The summed E-state index contributed by atoms with van der Waals surface area (Å²) in [5, 5.41) is 6.16. The highest BCUT2D eigenvalue weighted by molar-refractivity contribution is 5.94. The summed E-state index contributed by atoms with van der Waals surface area (Å²) in [6, 6.07) is 9.31. The van der Waals surface area contributed by atoms with Crippen LogP contribution in [0, 0.1) is 13.8 Å². The zero-order valence-corrected chi connectivity index (χ0v) is 16.9. The number of hydrogen-bond donors (Lipinski definition) is 2. The van der Waals surface area contributed by atoms with Crippen LogP contribution < -0.4 is 10.6 Å². The molecular weight excluding hydrogens is 338 g/mol. The molecule has 0 aliphatic rings. The fourth-order valence-corrected chi connectivity index (χ4v) is 2.92. The molecule has 0 fully saturated rings. The van der Waals surface area contributed by atoms with Gasteiger partial charge in [0.05, 0.1) is 0 Å². The first-order valence-corrected chi connectivity index (χ1v) is 9.71. The van der Waals surface area contributed by atoms with Crippen LogP contribution in [-0.4, -0.2) is 47.0 Å². The summed E-state index contributed by atoms with van der Waals surface area (Å²) in [6.45, 7) is 12.2. The Hall–Kier alpha value is -2.47. The number of nitrogens with zero attached hydrogens (tertiary/aromatic N) is 3. The van der Waals surface area contributed by atoms with Gasteiger partial charge in [0, 0.05) is 29.2 Å². The van der Waals surface area contributed by atoms with E-state index in [1.54, 1.807) is 0 Å². The van der Waals surface area contributed by atoms with Crippen molar-refractivity contribution in [2.24, 2.45) is 0 Å². The van der Waals surface area contributed by atoms with Gasteiger partial charge in [-0.25, -0.2) is 9.97 Å². The molecular formula is C21H31N5O. The van der Waals surface area contributed by atoms with Crippen molar-refractivity contribution in [1.82, 2.24) is 20.2 Å². The number of benzene rings is 1. The van der Waals surface area contributed by atoms with Crippen LogP contribution in [0.25, 0.3) is 0 Å². The summed E-state index contributed by atoms with van der Waals surface area (Å²) in [5.41, 5.74) is 3.35. The van der Waals surface area contributed by atoms with E-state index in [-0.39, 0.29) is 5.91 Å². The minimum absolute atomic E-state index is 0.0351. The fourth-order valence-electron chi connectivity index (χ4n) is 2.92. The highest BCUT2D eigenvalue weighted by Crippen LogP contribution is 2.15. The minimum Gasteiger partial charge on any atom is -0.352 e. The number of rotatable bonds is 10. The number of aryl methyl sites for hydroxylation is 2. The van der Waals surface area contributed by atoms with E-state index in [4.69, 9.17) is 0 Å². The van der Waals surface area contributed by atoms with Crippen LogP contribution in [0.2, 0.25) is 0 Å². The molecule has 0 aliphatic heterocycles. The van der Waals surface area contributed by atoms with E-state index >= 15 is 0 Å². The molecule has 1 aromatic carbocycles. The second kappa shape index (κ2) is 10.6. The summed E-state index contributed by atoms with van der Waals surface area (Å²) < 4.78 is 0. The van der Waals surface area contributed by atoms with E-state index in [9.17, 15) is 4.79 Å². The zero-order chi connectivity index (χ0) is 19.6. The number of carbonyl (C=O) groups is 1. The predicted octanol–water partition coefficient (Wildman–Crippen LogP) is 3.69. The molecule has 6 nitrogen and oxygen atoms in total. The zero-order valence-electron chi connectivity index (χ0n) is 16.9. The Bertz CT molecular complexity index is 706. The lowest BCUT2D eigenvalue weighted by molar-refractivity contribution is 0.0952. The Labute approximate surface area is 162 Å². The molecule has 1 amide bonds. The lowest BCUT2D eigenvalue weighted by Gasteiger charge is -2.17. The third-order valence-corrected chi connectivity index (χ3v) is 4.47. The highest BCUT2D eigenvalue weighted by Gasteiger charge is 2.06. The van der Waals surface area contributed by atoms with E-state index < -0.39 is 0 Å². The van der Waals surface area contributed by atoms with Gasteiger partial charge in [-0.1, -0.05) is 13.8 Å². The molecule has 27 heavy (non-hydrogen) atoms. The van der Waals surface area contributed by atoms with Gasteiger partial charge in [-0.2, -0.15) is 0 Å². The molecule has 0 aliphatic carbocycles. The first-order chi connectivity index (χ1) is 13.0. The Balaban J connectivity index is 1.79. The number of anilines is 2. The molecule has 2 aromatic rings. The van der Waals surface area contributed by atoms with Gasteiger partial charge >= 0.3 is 0 Å². The first kappa shape index (κ1) is 20.8. The van der Waals surface area contributed by atoms with Crippen LogP contribution in [0.4, 0.5) is 11.6 Å². The van der Waals surface area contributed by atoms with Crippen molar-refractivity contribution in [3.63, 3.8) is 0 Å². The van der Waals surface area contributed by atoms with Gasteiger partial charge in [-0.15, -0.1) is 0 Å². The lowest BCUT2D eigenvalue weighted by Crippen LogP contribution is -2.27. The van der Waals surface area contributed by atoms with Crippen molar-refractivity contribution < 1.29 is 4.79 Å². The fraction of sp³-hybridized carbons (Fsp3) is 0.476. The Morgan fingerprint density at radius 1 is 1.00 bits per heavy atom. The molecule has 146 valence electrons. The minimum atomic E-state index is -0.0351. The maximum Gasteiger partial charge on any atom is 0.251 e. The second-order valence-corrected chi connectivity index (χ2v) is 6.67. The normalized spacial score (nSPS) is 10.9. The van der Waals surface area contributed by atoms with Crippen molar-refractivity contribution >= 4 is 17.5 Å². The van der Waals surface area contributed by atoms with Crippen molar-refractivity contribution in [1.29, 1.82) is 0 Å². The van der Waals surface area contributed by atoms with Crippen LogP contribution >= 0.6 is 0 Å². The molecule has 6 heteroatoms. The van der Waals surface area contributed by atoms with Crippen LogP contribution in [-0.2, 0) is 0 Å². The molecule has 0 spiro atoms. The van der Waals surface area contributed by atoms with Gasteiger partial charge in [0.1, 0.15) is 0 Å². The van der Waals surface area contributed by atoms with Gasteiger partial charge < -0.3 is 15.5 Å². The summed E-state index contributed by atoms with van der Waals surface area (Å²) >= 11 is 0. The summed E-state index contributed by atoms with van der Waals surface area (Å²) in [5.74, 6) is 0.532. The standard InChI is InChI=1S/C21H31N5O/c1-5-26(6-2)14-8-7-13-22-20(27)18-9-11-19(12-10-18)25-21-23-16(3)15-17(4)24-21/h9-12,15H,5-8,13-14H2,1-4H3,(H,22,27)(H,23,24,25). The smallest absolute Gasteiger partial charge is 0.251 e. The summed E-state index contributed by atoms with van der Waals surface area (Å²) in [7, 11) is 0. The van der Waals surface area contributed by atoms with E-state index in [0.29, 0.717) is 18.1 Å². The molecule has 0 unspecified atom stereocenters. The Morgan fingerprint density at radius 2 is 1.63 bits per heavy atom. The molecule has 0 saturated heterocycles. The third-order valence-electron chi connectivity index (χ3n) is 4.47. The van der Waals surface area contributed by atoms with Crippen LogP contribution in [0.1, 0.15) is 48.4 Å². The van der Waals surface area contributed by atoms with E-state index in [0.717, 1.165) is 49.6 Å². The molecule has 1 aromatic heterocycles. The molecule has 0 atom stereocenters. The Kier molecular flexibility index (Phi) is 8.20. The maximum absolute atomic E-state index is 12.2. The van der Waals surface area contributed by atoms with Gasteiger partial charge in [0.25, 0.3) is 5.91 Å². The SMILES string of the molecule is CCN(CC)CCCCNC(=O)c1ccc(Nc2nc(C)cc(C)n2)cc1. The lowest BCUT2D eigenvalue weighted by atomic mass is 10.2. The second-order valence-electron chi connectivity index (χ2n) is 6.67. The molecule has 1 heterocycles. The van der Waals surface area contributed by atoms with Crippen LogP contribution in [0.15, 0.2) is 30.3 Å². The van der Waals surface area contributed by atoms with E-state index in [1.165, 1.54) is 0 Å². The first-order valence-electron chi connectivity index (χ1n) is 9.71. The number of carbonyl (C=O) groups excluding carboxylic acids is 1. The van der Waals surface area contributed by atoms with Crippen molar-refractivity contribution in [2.45, 2.75) is 40.5 Å². The molecule has 2 rings (SSSR count). The van der Waals surface area contributed by atoms with Crippen molar-refractivity contribution in [3.05, 3.63) is 47.3 Å². The van der Waals surface area contributed by atoms with Crippen LogP contribution in [0.5, 0.6) is 0 Å². The maximum atomic E-state index is 12.2. The average Bonchev–Trinajstić information content (AvgIpc) is 2.64. The monoisotopic (exact) mass is 369 g/mol. The van der Waals surface area contributed by atoms with Gasteiger partial charge in [-0.05, 0) is 76.7 Å².